The zero-order valence-electron chi connectivity index (χ0n) is 16.2. The summed E-state index contributed by atoms with van der Waals surface area (Å²) in [5, 5.41) is 12.6. The number of carbonyl (C=O) groups is 1. The Labute approximate surface area is 166 Å². The quantitative estimate of drug-likeness (QED) is 0.571. The molecule has 0 bridgehead atoms. The Hall–Kier alpha value is -3.14. The molecule has 3 rings (SSSR count). The summed E-state index contributed by atoms with van der Waals surface area (Å²) < 4.78 is 0. The maximum absolute atomic E-state index is 11.6. The Kier molecular flexibility index (Phi) is 6.43. The van der Waals surface area contributed by atoms with Crippen LogP contribution in [0.4, 0.5) is 5.82 Å². The number of hydrogen-bond acceptors (Lipinski definition) is 3. The van der Waals surface area contributed by atoms with Gasteiger partial charge in [0.2, 0.25) is 0 Å². The number of benzene rings is 2. The van der Waals surface area contributed by atoms with Gasteiger partial charge < -0.3 is 10.4 Å². The second-order valence-electron chi connectivity index (χ2n) is 7.37. The zero-order valence-corrected chi connectivity index (χ0v) is 16.2. The molecule has 4 nitrogen and oxygen atoms in total. The molecule has 0 saturated heterocycles. The third-order valence-corrected chi connectivity index (χ3v) is 4.66. The smallest absolute Gasteiger partial charge is 0.326 e. The number of nitrogens with zero attached hydrogens (tertiary/aromatic N) is 1. The molecule has 2 aromatic carbocycles. The molecule has 2 N–H and O–H groups in total. The molecule has 144 valence electrons. The van der Waals surface area contributed by atoms with Crippen LogP contribution in [0.3, 0.4) is 0 Å². The van der Waals surface area contributed by atoms with E-state index in [1.807, 2.05) is 68.4 Å². The zero-order chi connectivity index (χ0) is 19.9. The van der Waals surface area contributed by atoms with Gasteiger partial charge in [0.15, 0.2) is 0 Å². The van der Waals surface area contributed by atoms with Crippen LogP contribution < -0.4 is 5.32 Å². The number of aromatic nitrogens is 1. The van der Waals surface area contributed by atoms with E-state index in [4.69, 9.17) is 4.98 Å². The van der Waals surface area contributed by atoms with E-state index in [9.17, 15) is 9.90 Å². The van der Waals surface area contributed by atoms with E-state index in [1.54, 1.807) is 0 Å². The first-order valence-electron chi connectivity index (χ1n) is 9.60. The molecule has 1 heterocycles. The Balaban J connectivity index is 1.96. The highest BCUT2D eigenvalue weighted by atomic mass is 16.4. The lowest BCUT2D eigenvalue weighted by molar-refractivity contribution is -0.138. The fourth-order valence-electron chi connectivity index (χ4n) is 3.39. The van der Waals surface area contributed by atoms with Crippen LogP contribution >= 0.6 is 0 Å². The van der Waals surface area contributed by atoms with Gasteiger partial charge in [-0.1, -0.05) is 80.6 Å². The molecule has 0 radical (unpaired) electrons. The predicted octanol–water partition coefficient (Wildman–Crippen LogP) is 5.17. The van der Waals surface area contributed by atoms with Gasteiger partial charge in [0.1, 0.15) is 11.9 Å². The highest BCUT2D eigenvalue weighted by molar-refractivity contribution is 5.76. The number of hydrogen-bond donors (Lipinski definition) is 2. The Bertz CT molecular complexity index is 855. The summed E-state index contributed by atoms with van der Waals surface area (Å²) in [4.78, 5) is 16.4. The topological polar surface area (TPSA) is 62.2 Å². The minimum atomic E-state index is -0.858. The number of rotatable bonds is 8. The van der Waals surface area contributed by atoms with Crippen molar-refractivity contribution in [1.29, 1.82) is 0 Å². The molecule has 0 aliphatic heterocycles. The number of carboxylic acids is 1. The van der Waals surface area contributed by atoms with Crippen molar-refractivity contribution >= 4 is 11.8 Å². The number of pyridine rings is 1. The van der Waals surface area contributed by atoms with Crippen molar-refractivity contribution in [1.82, 2.24) is 4.98 Å². The number of aliphatic carboxylic acids is 1. The highest BCUT2D eigenvalue weighted by Crippen LogP contribution is 2.31. The molecule has 4 heteroatoms. The van der Waals surface area contributed by atoms with Gasteiger partial charge in [-0.3, -0.25) is 0 Å². The first kappa shape index (κ1) is 19.6. The molecule has 0 saturated carbocycles. The van der Waals surface area contributed by atoms with Gasteiger partial charge in [-0.2, -0.15) is 0 Å². The van der Waals surface area contributed by atoms with E-state index in [0.717, 1.165) is 16.8 Å². The molecule has 0 fully saturated rings. The van der Waals surface area contributed by atoms with Gasteiger partial charge in [-0.05, 0) is 35.6 Å². The van der Waals surface area contributed by atoms with Crippen molar-refractivity contribution in [3.63, 3.8) is 0 Å². The number of anilines is 1. The van der Waals surface area contributed by atoms with Crippen LogP contribution in [-0.2, 0) is 4.79 Å². The van der Waals surface area contributed by atoms with Crippen LogP contribution in [0.5, 0.6) is 0 Å². The average molecular weight is 374 g/mol. The van der Waals surface area contributed by atoms with Gasteiger partial charge >= 0.3 is 5.97 Å². The van der Waals surface area contributed by atoms with E-state index in [2.05, 4.69) is 29.6 Å². The first-order chi connectivity index (χ1) is 13.5. The maximum Gasteiger partial charge on any atom is 0.326 e. The van der Waals surface area contributed by atoms with Crippen molar-refractivity contribution in [3.05, 3.63) is 95.7 Å². The molecule has 1 unspecified atom stereocenters. The van der Waals surface area contributed by atoms with Crippen LogP contribution in [-0.4, -0.2) is 22.1 Å². The first-order valence-corrected chi connectivity index (χ1v) is 9.60. The van der Waals surface area contributed by atoms with Crippen LogP contribution in [0.1, 0.15) is 43.0 Å². The summed E-state index contributed by atoms with van der Waals surface area (Å²) in [6.07, 6.45) is 0.544. The molecule has 0 aliphatic rings. The lowest BCUT2D eigenvalue weighted by Crippen LogP contribution is -2.31. The minimum absolute atomic E-state index is 0.0162. The third kappa shape index (κ3) is 4.97. The molecular formula is C24H26N2O2. The monoisotopic (exact) mass is 374 g/mol. The molecule has 3 aromatic rings. The molecule has 0 amide bonds. The van der Waals surface area contributed by atoms with Crippen LogP contribution in [0.15, 0.2) is 78.9 Å². The molecule has 0 aliphatic carbocycles. The van der Waals surface area contributed by atoms with Gasteiger partial charge in [-0.15, -0.1) is 0 Å². The van der Waals surface area contributed by atoms with Gasteiger partial charge in [0.25, 0.3) is 0 Å². The van der Waals surface area contributed by atoms with Crippen LogP contribution in [0.25, 0.3) is 0 Å². The lowest BCUT2D eigenvalue weighted by atomic mass is 9.88. The SMILES string of the molecule is CC(C)CC(Nc1cccc(C(c2ccccc2)c2ccccc2)n1)C(=O)O. The molecular weight excluding hydrogens is 348 g/mol. The molecule has 0 spiro atoms. The molecule has 1 aromatic heterocycles. The van der Waals surface area contributed by atoms with Crippen molar-refractivity contribution < 1.29 is 9.90 Å². The van der Waals surface area contributed by atoms with Crippen molar-refractivity contribution in [2.24, 2.45) is 5.92 Å². The largest absolute Gasteiger partial charge is 0.480 e. The number of carboxylic acid groups (broad SMARTS) is 1. The lowest BCUT2D eigenvalue weighted by Gasteiger charge is -2.21. The summed E-state index contributed by atoms with van der Waals surface area (Å²) in [5.41, 5.74) is 3.18. The van der Waals surface area contributed by atoms with Crippen molar-refractivity contribution in [2.45, 2.75) is 32.2 Å². The summed E-state index contributed by atoms with van der Waals surface area (Å²) in [5.74, 6) is -0.0123. The minimum Gasteiger partial charge on any atom is -0.480 e. The summed E-state index contributed by atoms with van der Waals surface area (Å²) in [6.45, 7) is 4.03. The van der Waals surface area contributed by atoms with Gasteiger partial charge in [0.05, 0.1) is 11.6 Å². The fourth-order valence-corrected chi connectivity index (χ4v) is 3.39. The van der Waals surface area contributed by atoms with E-state index < -0.39 is 12.0 Å². The highest BCUT2D eigenvalue weighted by Gasteiger charge is 2.21. The van der Waals surface area contributed by atoms with E-state index >= 15 is 0 Å². The Morgan fingerprint density at radius 2 is 1.46 bits per heavy atom. The van der Waals surface area contributed by atoms with E-state index in [0.29, 0.717) is 12.2 Å². The fraction of sp³-hybridized carbons (Fsp3) is 0.250. The Morgan fingerprint density at radius 3 is 1.96 bits per heavy atom. The molecule has 1 atom stereocenters. The predicted molar refractivity (Wildman–Crippen MR) is 113 cm³/mol. The Morgan fingerprint density at radius 1 is 0.893 bits per heavy atom. The van der Waals surface area contributed by atoms with Crippen LogP contribution in [0.2, 0.25) is 0 Å². The molecule has 28 heavy (non-hydrogen) atoms. The second kappa shape index (κ2) is 9.18. The number of nitrogens with one attached hydrogen (secondary N) is 1. The van der Waals surface area contributed by atoms with E-state index in [-0.39, 0.29) is 11.8 Å². The van der Waals surface area contributed by atoms with Gasteiger partial charge in [0, 0.05) is 0 Å². The normalized spacial score (nSPS) is 12.1. The second-order valence-corrected chi connectivity index (χ2v) is 7.37. The van der Waals surface area contributed by atoms with E-state index in [1.165, 1.54) is 0 Å². The third-order valence-electron chi connectivity index (χ3n) is 4.66. The summed E-state index contributed by atoms with van der Waals surface area (Å²) in [6, 6.07) is 25.6. The van der Waals surface area contributed by atoms with Crippen molar-refractivity contribution in [3.8, 4) is 0 Å². The summed E-state index contributed by atoms with van der Waals surface area (Å²) in [7, 11) is 0. The summed E-state index contributed by atoms with van der Waals surface area (Å²) >= 11 is 0. The van der Waals surface area contributed by atoms with Crippen molar-refractivity contribution in [2.75, 3.05) is 5.32 Å². The maximum atomic E-state index is 11.6. The standard InChI is InChI=1S/C24H26N2O2/c1-17(2)16-21(24(27)28)26-22-15-9-14-20(25-22)23(18-10-5-3-6-11-18)19-12-7-4-8-13-19/h3-15,17,21,23H,16H2,1-2H3,(H,25,26)(H,27,28). The van der Waals surface area contributed by atoms with Crippen LogP contribution in [0, 0.1) is 5.92 Å². The average Bonchev–Trinajstić information content (AvgIpc) is 2.69. The van der Waals surface area contributed by atoms with Gasteiger partial charge in [-0.25, -0.2) is 9.78 Å².